The van der Waals surface area contributed by atoms with Gasteiger partial charge in [0.25, 0.3) is 12.5 Å². The van der Waals surface area contributed by atoms with Crippen molar-refractivity contribution in [1.29, 1.82) is 10.5 Å². The van der Waals surface area contributed by atoms with Gasteiger partial charge in [-0.15, -0.1) is 10.5 Å². The number of ketones is 1. The van der Waals surface area contributed by atoms with E-state index in [1.165, 1.54) is 43.3 Å². The third-order valence-corrected chi connectivity index (χ3v) is 3.14. The number of carbonyl (C=O) groups excluding carboxylic acids is 1. The van der Waals surface area contributed by atoms with Gasteiger partial charge in [-0.05, 0) is 31.3 Å². The van der Waals surface area contributed by atoms with Crippen molar-refractivity contribution in [1.82, 2.24) is 9.97 Å². The van der Waals surface area contributed by atoms with E-state index in [0.717, 1.165) is 5.69 Å². The van der Waals surface area contributed by atoms with Crippen LogP contribution in [0.5, 0.6) is 11.5 Å². The molecule has 8 heteroatoms. The van der Waals surface area contributed by atoms with Crippen molar-refractivity contribution in [2.75, 3.05) is 0 Å². The smallest absolute Gasteiger partial charge is 0.292 e. The molecule has 2 rings (SSSR count). The van der Waals surface area contributed by atoms with Gasteiger partial charge < -0.3 is 14.5 Å². The zero-order valence-corrected chi connectivity index (χ0v) is 12.8. The fourth-order valence-corrected chi connectivity index (χ4v) is 2.13. The predicted octanol–water partition coefficient (Wildman–Crippen LogP) is 2.01. The van der Waals surface area contributed by atoms with Gasteiger partial charge in [-0.25, -0.2) is 4.98 Å². The van der Waals surface area contributed by atoms with Gasteiger partial charge in [0.05, 0.1) is 11.9 Å². The Labute approximate surface area is 138 Å². The Bertz CT molecular complexity index is 815. The van der Waals surface area contributed by atoms with E-state index in [9.17, 15) is 4.79 Å². The summed E-state index contributed by atoms with van der Waals surface area (Å²) in [5.41, 5.74) is 0.852. The van der Waals surface area contributed by atoms with Gasteiger partial charge in [0.15, 0.2) is 11.5 Å². The molecule has 0 saturated carbocycles. The summed E-state index contributed by atoms with van der Waals surface area (Å²) in [6.45, 7) is 1.70. The van der Waals surface area contributed by atoms with Crippen LogP contribution in [0.25, 0.3) is 0 Å². The molecule has 1 atom stereocenters. The SMILES string of the molecule is CC=N[C@@H](Cc1cnc[nH]1)C(=O)c1cc(OC#N)ccc1OC#N. The number of Topliss-reactive ketones (excluding diaryl/α,β-unsaturated/α-hetero) is 1. The normalized spacial score (nSPS) is 11.5. The second kappa shape index (κ2) is 8.11. The first-order chi connectivity index (χ1) is 11.7. The van der Waals surface area contributed by atoms with Gasteiger partial charge >= 0.3 is 0 Å². The third kappa shape index (κ3) is 3.96. The molecule has 0 aliphatic carbocycles. The first-order valence-electron chi connectivity index (χ1n) is 6.94. The number of carbonyl (C=O) groups is 1. The van der Waals surface area contributed by atoms with E-state index in [1.807, 2.05) is 0 Å². The van der Waals surface area contributed by atoms with Crippen molar-refractivity contribution in [2.45, 2.75) is 19.4 Å². The Balaban J connectivity index is 2.38. The largest absolute Gasteiger partial charge is 0.388 e. The van der Waals surface area contributed by atoms with Crippen LogP contribution >= 0.6 is 0 Å². The Kier molecular flexibility index (Phi) is 5.65. The van der Waals surface area contributed by atoms with Crippen LogP contribution in [0.1, 0.15) is 23.0 Å². The molecule has 0 fully saturated rings. The first kappa shape index (κ1) is 16.7. The molecule has 1 heterocycles. The molecule has 0 aliphatic rings. The number of aromatic nitrogens is 2. The average molecular weight is 323 g/mol. The Morgan fingerprint density at radius 3 is 2.83 bits per heavy atom. The fourth-order valence-electron chi connectivity index (χ4n) is 2.13. The van der Waals surface area contributed by atoms with Crippen LogP contribution in [0.4, 0.5) is 0 Å². The van der Waals surface area contributed by atoms with Gasteiger partial charge in [0.1, 0.15) is 11.8 Å². The molecule has 0 spiro atoms. The number of nitrogens with zero attached hydrogens (tertiary/aromatic N) is 4. The lowest BCUT2D eigenvalue weighted by molar-refractivity contribution is 0.0959. The molecule has 8 nitrogen and oxygen atoms in total. The number of aromatic amines is 1. The number of hydrogen-bond donors (Lipinski definition) is 1. The molecule has 0 radical (unpaired) electrons. The van der Waals surface area contributed by atoms with Crippen LogP contribution in [0, 0.1) is 23.0 Å². The van der Waals surface area contributed by atoms with Gasteiger partial charge in [-0.1, -0.05) is 0 Å². The predicted molar refractivity (Wildman–Crippen MR) is 83.5 cm³/mol. The lowest BCUT2D eigenvalue weighted by Gasteiger charge is -2.13. The van der Waals surface area contributed by atoms with E-state index in [1.54, 1.807) is 13.1 Å². The summed E-state index contributed by atoms with van der Waals surface area (Å²) >= 11 is 0. The number of nitrogens with one attached hydrogen (secondary N) is 1. The fraction of sp³-hybridized carbons (Fsp3) is 0.188. The number of nitriles is 2. The second-order valence-corrected chi connectivity index (χ2v) is 4.61. The highest BCUT2D eigenvalue weighted by Gasteiger charge is 2.24. The summed E-state index contributed by atoms with van der Waals surface area (Å²) in [6.07, 6.45) is 8.01. The number of benzene rings is 1. The second-order valence-electron chi connectivity index (χ2n) is 4.61. The van der Waals surface area contributed by atoms with E-state index in [0.29, 0.717) is 6.42 Å². The topological polar surface area (TPSA) is 124 Å². The number of H-pyrrole nitrogens is 1. The van der Waals surface area contributed by atoms with E-state index >= 15 is 0 Å². The minimum Gasteiger partial charge on any atom is -0.388 e. The minimum atomic E-state index is -0.728. The van der Waals surface area contributed by atoms with Crippen LogP contribution in [-0.4, -0.2) is 28.0 Å². The van der Waals surface area contributed by atoms with Crippen LogP contribution in [-0.2, 0) is 6.42 Å². The minimum absolute atomic E-state index is 0.0775. The first-order valence-corrected chi connectivity index (χ1v) is 6.94. The highest BCUT2D eigenvalue weighted by atomic mass is 16.5. The molecule has 120 valence electrons. The Morgan fingerprint density at radius 1 is 1.42 bits per heavy atom. The highest BCUT2D eigenvalue weighted by Crippen LogP contribution is 2.26. The summed E-state index contributed by atoms with van der Waals surface area (Å²) in [5.74, 6) is -0.114. The van der Waals surface area contributed by atoms with Crippen LogP contribution in [0.2, 0.25) is 0 Å². The Morgan fingerprint density at radius 2 is 2.21 bits per heavy atom. The van der Waals surface area contributed by atoms with Crippen molar-refractivity contribution in [3.63, 3.8) is 0 Å². The molecule has 0 unspecified atom stereocenters. The third-order valence-electron chi connectivity index (χ3n) is 3.14. The van der Waals surface area contributed by atoms with E-state index in [4.69, 9.17) is 20.0 Å². The van der Waals surface area contributed by atoms with Gasteiger partial charge in [0, 0.05) is 18.3 Å². The van der Waals surface area contributed by atoms with Crippen molar-refractivity contribution in [3.8, 4) is 24.0 Å². The molecule has 2 aromatic rings. The van der Waals surface area contributed by atoms with Crippen molar-refractivity contribution < 1.29 is 14.3 Å². The molecule has 1 N–H and O–H groups in total. The van der Waals surface area contributed by atoms with Crippen molar-refractivity contribution in [3.05, 3.63) is 42.0 Å². The molecular weight excluding hydrogens is 310 g/mol. The van der Waals surface area contributed by atoms with Crippen LogP contribution < -0.4 is 9.47 Å². The molecule has 0 saturated heterocycles. The summed E-state index contributed by atoms with van der Waals surface area (Å²) < 4.78 is 9.56. The molecule has 0 bridgehead atoms. The monoisotopic (exact) mass is 323 g/mol. The molecule has 1 aromatic heterocycles. The van der Waals surface area contributed by atoms with Crippen LogP contribution in [0.15, 0.2) is 35.7 Å². The van der Waals surface area contributed by atoms with Gasteiger partial charge in [-0.2, -0.15) is 0 Å². The summed E-state index contributed by atoms with van der Waals surface area (Å²) in [4.78, 5) is 23.8. The maximum absolute atomic E-state index is 12.8. The maximum Gasteiger partial charge on any atom is 0.292 e. The van der Waals surface area contributed by atoms with E-state index in [-0.39, 0.29) is 22.8 Å². The van der Waals surface area contributed by atoms with Gasteiger partial charge in [-0.3, -0.25) is 9.79 Å². The van der Waals surface area contributed by atoms with Crippen molar-refractivity contribution in [2.24, 2.45) is 4.99 Å². The Hall–Kier alpha value is -3.65. The van der Waals surface area contributed by atoms with Gasteiger partial charge in [0.2, 0.25) is 0 Å². The lowest BCUT2D eigenvalue weighted by atomic mass is 9.99. The average Bonchev–Trinajstić information content (AvgIpc) is 3.09. The van der Waals surface area contributed by atoms with E-state index < -0.39 is 6.04 Å². The zero-order chi connectivity index (χ0) is 17.4. The molecule has 0 amide bonds. The number of imidazole rings is 1. The number of aliphatic imine (C=N–C) groups is 1. The quantitative estimate of drug-likeness (QED) is 0.472. The number of hydrogen-bond acceptors (Lipinski definition) is 7. The zero-order valence-electron chi connectivity index (χ0n) is 12.8. The number of rotatable bonds is 7. The number of ether oxygens (including phenoxy) is 2. The standard InChI is InChI=1S/C16H13N5O3/c1-2-20-14(5-11-7-19-10-21-11)16(22)13-6-12(23-8-17)3-4-15(13)24-9-18/h2-4,6-7,10,14H,5H2,1H3,(H,19,21)/t14-/m0/s1. The summed E-state index contributed by atoms with van der Waals surface area (Å²) in [5, 5.41) is 17.3. The molecule has 24 heavy (non-hydrogen) atoms. The summed E-state index contributed by atoms with van der Waals surface area (Å²) in [6, 6.07) is 3.45. The summed E-state index contributed by atoms with van der Waals surface area (Å²) in [7, 11) is 0. The molecular formula is C16H13N5O3. The maximum atomic E-state index is 12.8. The lowest BCUT2D eigenvalue weighted by Crippen LogP contribution is -2.22. The molecule has 0 aliphatic heterocycles. The highest BCUT2D eigenvalue weighted by molar-refractivity contribution is 6.03. The van der Waals surface area contributed by atoms with Crippen molar-refractivity contribution >= 4 is 12.0 Å². The van der Waals surface area contributed by atoms with Crippen LogP contribution in [0.3, 0.4) is 0 Å². The molecule has 1 aromatic carbocycles. The van der Waals surface area contributed by atoms with E-state index in [2.05, 4.69) is 15.0 Å².